The minimum atomic E-state index is -0.788. The second-order valence-corrected chi connectivity index (χ2v) is 4.05. The van der Waals surface area contributed by atoms with Gasteiger partial charge >= 0.3 is 5.97 Å². The Kier molecular flexibility index (Phi) is 4.50. The Morgan fingerprint density at radius 2 is 2.47 bits per heavy atom. The third kappa shape index (κ3) is 2.68. The van der Waals surface area contributed by atoms with E-state index >= 15 is 0 Å². The lowest BCUT2D eigenvalue weighted by Crippen LogP contribution is -2.63. The Labute approximate surface area is 90.2 Å². The number of ether oxygens (including phenoxy) is 1. The molecule has 1 aliphatic heterocycles. The van der Waals surface area contributed by atoms with E-state index in [2.05, 4.69) is 10.6 Å². The molecule has 3 N–H and O–H groups in total. The Morgan fingerprint density at radius 1 is 1.73 bits per heavy atom. The van der Waals surface area contributed by atoms with Crippen LogP contribution < -0.4 is 10.6 Å². The zero-order valence-corrected chi connectivity index (χ0v) is 9.38. The molecule has 0 spiro atoms. The van der Waals surface area contributed by atoms with E-state index in [0.29, 0.717) is 19.6 Å². The van der Waals surface area contributed by atoms with Crippen LogP contribution in [-0.2, 0) is 9.53 Å². The van der Waals surface area contributed by atoms with Gasteiger partial charge in [0, 0.05) is 20.2 Å². The average Bonchev–Trinajstić information content (AvgIpc) is 2.21. The van der Waals surface area contributed by atoms with E-state index in [4.69, 9.17) is 4.74 Å². The highest BCUT2D eigenvalue weighted by Crippen LogP contribution is 2.24. The van der Waals surface area contributed by atoms with Crippen LogP contribution in [0.3, 0.4) is 0 Å². The van der Waals surface area contributed by atoms with Gasteiger partial charge in [-0.3, -0.25) is 10.1 Å². The number of nitrogens with one attached hydrogen (secondary N) is 2. The monoisotopic (exact) mass is 216 g/mol. The largest absolute Gasteiger partial charge is 0.480 e. The molecule has 0 bridgehead atoms. The lowest BCUT2D eigenvalue weighted by Gasteiger charge is -2.40. The summed E-state index contributed by atoms with van der Waals surface area (Å²) in [6, 6.07) is 0. The van der Waals surface area contributed by atoms with Crippen molar-refractivity contribution in [1.29, 1.82) is 0 Å². The molecule has 2 unspecified atom stereocenters. The molecule has 2 atom stereocenters. The Hall–Kier alpha value is -0.650. The van der Waals surface area contributed by atoms with Crippen LogP contribution in [0.5, 0.6) is 0 Å². The summed E-state index contributed by atoms with van der Waals surface area (Å²) in [6.07, 6.45) is 0.618. The number of carboxylic acid groups (broad SMARTS) is 1. The molecule has 0 aromatic rings. The minimum Gasteiger partial charge on any atom is -0.480 e. The lowest BCUT2D eigenvalue weighted by atomic mass is 9.79. The summed E-state index contributed by atoms with van der Waals surface area (Å²) in [5.74, 6) is -0.673. The molecular weight excluding hydrogens is 196 g/mol. The van der Waals surface area contributed by atoms with Gasteiger partial charge in [-0.2, -0.15) is 0 Å². The van der Waals surface area contributed by atoms with Crippen molar-refractivity contribution in [2.45, 2.75) is 18.9 Å². The van der Waals surface area contributed by atoms with E-state index in [0.717, 1.165) is 13.1 Å². The molecule has 1 heterocycles. The van der Waals surface area contributed by atoms with E-state index in [1.54, 1.807) is 7.11 Å². The Balaban J connectivity index is 2.63. The smallest absolute Gasteiger partial charge is 0.324 e. The van der Waals surface area contributed by atoms with Crippen molar-refractivity contribution in [1.82, 2.24) is 10.6 Å². The van der Waals surface area contributed by atoms with Crippen molar-refractivity contribution < 1.29 is 14.6 Å². The number of hydrogen-bond acceptors (Lipinski definition) is 4. The van der Waals surface area contributed by atoms with E-state index in [1.165, 1.54) is 0 Å². The molecule has 5 heteroatoms. The zero-order valence-electron chi connectivity index (χ0n) is 9.38. The topological polar surface area (TPSA) is 70.6 Å². The van der Waals surface area contributed by atoms with Crippen molar-refractivity contribution >= 4 is 5.97 Å². The van der Waals surface area contributed by atoms with Crippen LogP contribution in [0.4, 0.5) is 0 Å². The molecule has 1 saturated heterocycles. The summed E-state index contributed by atoms with van der Waals surface area (Å²) in [4.78, 5) is 11.3. The first-order valence-corrected chi connectivity index (χ1v) is 5.31. The highest BCUT2D eigenvalue weighted by atomic mass is 16.5. The molecule has 5 nitrogen and oxygen atoms in total. The molecule has 0 aromatic heterocycles. The van der Waals surface area contributed by atoms with E-state index in [1.807, 2.05) is 6.92 Å². The second kappa shape index (κ2) is 5.44. The van der Waals surface area contributed by atoms with Crippen LogP contribution >= 0.6 is 0 Å². The fraction of sp³-hybridized carbons (Fsp3) is 0.900. The fourth-order valence-corrected chi connectivity index (χ4v) is 2.06. The summed E-state index contributed by atoms with van der Waals surface area (Å²) in [6.45, 7) is 4.56. The van der Waals surface area contributed by atoms with Crippen molar-refractivity contribution in [3.63, 3.8) is 0 Å². The van der Waals surface area contributed by atoms with Crippen LogP contribution in [-0.4, -0.2) is 50.0 Å². The van der Waals surface area contributed by atoms with Crippen LogP contribution in [0.2, 0.25) is 0 Å². The molecule has 0 radical (unpaired) electrons. The summed E-state index contributed by atoms with van der Waals surface area (Å²) in [5, 5.41) is 15.6. The normalized spacial score (nSPS) is 31.5. The van der Waals surface area contributed by atoms with Crippen LogP contribution in [0, 0.1) is 5.92 Å². The average molecular weight is 216 g/mol. The van der Waals surface area contributed by atoms with Gasteiger partial charge in [0.15, 0.2) is 0 Å². The van der Waals surface area contributed by atoms with Gasteiger partial charge in [-0.25, -0.2) is 0 Å². The molecule has 1 rings (SSSR count). The molecular formula is C10H20N2O3. The molecule has 0 saturated carbocycles. The number of carbonyl (C=O) groups is 1. The van der Waals surface area contributed by atoms with E-state index < -0.39 is 11.5 Å². The van der Waals surface area contributed by atoms with Gasteiger partial charge in [0.25, 0.3) is 0 Å². The van der Waals surface area contributed by atoms with Crippen LogP contribution in [0.25, 0.3) is 0 Å². The number of rotatable bonds is 5. The SMILES string of the molecule is COCCNC1(C(=O)O)CCNCC1C. The first kappa shape index (κ1) is 12.4. The second-order valence-electron chi connectivity index (χ2n) is 4.05. The molecule has 0 aliphatic carbocycles. The summed E-state index contributed by atoms with van der Waals surface area (Å²) in [5.41, 5.74) is -0.788. The number of methoxy groups -OCH3 is 1. The lowest BCUT2D eigenvalue weighted by molar-refractivity contribution is -0.148. The number of carboxylic acids is 1. The Bertz CT molecular complexity index is 223. The molecule has 0 amide bonds. The van der Waals surface area contributed by atoms with Gasteiger partial charge in [0.2, 0.25) is 0 Å². The maximum atomic E-state index is 11.3. The van der Waals surface area contributed by atoms with Gasteiger partial charge < -0.3 is 15.2 Å². The van der Waals surface area contributed by atoms with Gasteiger partial charge in [-0.15, -0.1) is 0 Å². The summed E-state index contributed by atoms with van der Waals surface area (Å²) >= 11 is 0. The first-order valence-electron chi connectivity index (χ1n) is 5.31. The van der Waals surface area contributed by atoms with Crippen molar-refractivity contribution in [3.8, 4) is 0 Å². The predicted molar refractivity (Wildman–Crippen MR) is 56.9 cm³/mol. The van der Waals surface area contributed by atoms with Crippen LogP contribution in [0.1, 0.15) is 13.3 Å². The van der Waals surface area contributed by atoms with Gasteiger partial charge in [0.05, 0.1) is 6.61 Å². The maximum absolute atomic E-state index is 11.3. The fourth-order valence-electron chi connectivity index (χ4n) is 2.06. The Morgan fingerprint density at radius 3 is 3.00 bits per heavy atom. The van der Waals surface area contributed by atoms with Crippen molar-refractivity contribution in [2.75, 3.05) is 33.4 Å². The third-order valence-electron chi connectivity index (χ3n) is 3.12. The maximum Gasteiger partial charge on any atom is 0.324 e. The number of piperidine rings is 1. The van der Waals surface area contributed by atoms with Gasteiger partial charge in [0.1, 0.15) is 5.54 Å². The third-order valence-corrected chi connectivity index (χ3v) is 3.12. The van der Waals surface area contributed by atoms with Gasteiger partial charge in [-0.05, 0) is 18.9 Å². The quantitative estimate of drug-likeness (QED) is 0.549. The number of hydrogen-bond donors (Lipinski definition) is 3. The first-order chi connectivity index (χ1) is 7.13. The van der Waals surface area contributed by atoms with Crippen molar-refractivity contribution in [2.24, 2.45) is 5.92 Å². The molecule has 1 fully saturated rings. The molecule has 1 aliphatic rings. The predicted octanol–water partition coefficient (Wildman–Crippen LogP) is -0.325. The number of aliphatic carboxylic acids is 1. The summed E-state index contributed by atoms with van der Waals surface area (Å²) in [7, 11) is 1.61. The summed E-state index contributed by atoms with van der Waals surface area (Å²) < 4.78 is 4.92. The van der Waals surface area contributed by atoms with Crippen molar-refractivity contribution in [3.05, 3.63) is 0 Å². The van der Waals surface area contributed by atoms with E-state index in [9.17, 15) is 9.90 Å². The molecule has 88 valence electrons. The molecule has 0 aromatic carbocycles. The highest BCUT2D eigenvalue weighted by Gasteiger charge is 2.44. The highest BCUT2D eigenvalue weighted by molar-refractivity contribution is 5.79. The zero-order chi connectivity index (χ0) is 11.3. The minimum absolute atomic E-state index is 0.0839. The standard InChI is InChI=1S/C10H20N2O3/c1-8-7-11-4-3-10(8,9(13)14)12-5-6-15-2/h8,11-12H,3-7H2,1-2H3,(H,13,14). The molecule has 15 heavy (non-hydrogen) atoms. The van der Waals surface area contributed by atoms with Gasteiger partial charge in [-0.1, -0.05) is 6.92 Å². The van der Waals surface area contributed by atoms with Crippen LogP contribution in [0.15, 0.2) is 0 Å². The van der Waals surface area contributed by atoms with E-state index in [-0.39, 0.29) is 5.92 Å².